The fourth-order valence-corrected chi connectivity index (χ4v) is 4.91. The van der Waals surface area contributed by atoms with Crippen molar-refractivity contribution in [2.24, 2.45) is 5.41 Å². The van der Waals surface area contributed by atoms with E-state index in [0.29, 0.717) is 33.4 Å². The van der Waals surface area contributed by atoms with E-state index in [9.17, 15) is 30.0 Å². The van der Waals surface area contributed by atoms with E-state index in [4.69, 9.17) is 0 Å². The summed E-state index contributed by atoms with van der Waals surface area (Å²) < 4.78 is 0. The van der Waals surface area contributed by atoms with Crippen LogP contribution in [0.1, 0.15) is 91.5 Å². The molecule has 0 atom stereocenters. The number of phenolic OH excluding ortho intramolecular Hbond substituents is 4. The normalized spacial score (nSPS) is 15.4. The van der Waals surface area contributed by atoms with Crippen LogP contribution in [0.5, 0.6) is 23.0 Å². The fraction of sp³-hybridized carbons (Fsp3) is 0.438. The van der Waals surface area contributed by atoms with Crippen molar-refractivity contribution >= 4 is 11.6 Å². The van der Waals surface area contributed by atoms with E-state index in [0.717, 1.165) is 0 Å². The number of carbonyl (C=O) groups is 2. The second-order valence-corrected chi connectivity index (χ2v) is 13.5. The van der Waals surface area contributed by atoms with Crippen molar-refractivity contribution < 1.29 is 30.0 Å². The van der Waals surface area contributed by atoms with Crippen LogP contribution in [0.3, 0.4) is 0 Å². The zero-order valence-electron chi connectivity index (χ0n) is 24.1. The molecule has 0 aromatic heterocycles. The number of aromatic hydroxyl groups is 4. The third kappa shape index (κ3) is 4.96. The molecule has 4 N–H and O–H groups in total. The van der Waals surface area contributed by atoms with Gasteiger partial charge in [-0.3, -0.25) is 9.59 Å². The number of hydrogen-bond acceptors (Lipinski definition) is 6. The van der Waals surface area contributed by atoms with Gasteiger partial charge in [0.25, 0.3) is 0 Å². The standard InChI is InChI=1S/C32H40O6/c1-29(2,3)20-11-17(14-23(33)26(20)36)32(10,18-12-21(30(4,5)6)27(37)24(34)15-18)19-13-22(31(7,8)9)28(38)25(35)16-19/h11-16,33-34,36-37H,1-10H3. The zero-order valence-corrected chi connectivity index (χ0v) is 24.1. The van der Waals surface area contributed by atoms with Crippen LogP contribution in [-0.4, -0.2) is 32.0 Å². The molecule has 3 rings (SSSR count). The summed E-state index contributed by atoms with van der Waals surface area (Å²) in [4.78, 5) is 25.9. The Balaban J connectivity index is 2.53. The minimum atomic E-state index is -1.18. The molecular weight excluding hydrogens is 480 g/mol. The molecule has 0 fully saturated rings. The lowest BCUT2D eigenvalue weighted by molar-refractivity contribution is -0.132. The Morgan fingerprint density at radius 2 is 0.947 bits per heavy atom. The van der Waals surface area contributed by atoms with Gasteiger partial charge in [-0.25, -0.2) is 0 Å². The summed E-state index contributed by atoms with van der Waals surface area (Å²) in [6.45, 7) is 18.9. The van der Waals surface area contributed by atoms with Crippen LogP contribution in [0.15, 0.2) is 47.6 Å². The van der Waals surface area contributed by atoms with Crippen molar-refractivity contribution in [2.75, 3.05) is 0 Å². The molecule has 6 nitrogen and oxygen atoms in total. The Hall–Kier alpha value is -3.54. The number of phenols is 4. The van der Waals surface area contributed by atoms with Crippen LogP contribution in [0.25, 0.3) is 0 Å². The lowest BCUT2D eigenvalue weighted by atomic mass is 9.65. The van der Waals surface area contributed by atoms with Crippen LogP contribution in [-0.2, 0) is 25.8 Å². The second-order valence-electron chi connectivity index (χ2n) is 13.5. The highest BCUT2D eigenvalue weighted by Gasteiger charge is 2.41. The Morgan fingerprint density at radius 3 is 1.29 bits per heavy atom. The van der Waals surface area contributed by atoms with Gasteiger partial charge in [-0.15, -0.1) is 0 Å². The summed E-state index contributed by atoms with van der Waals surface area (Å²) in [5.74, 6) is -2.34. The SMILES string of the molecule is CC(C)(C)C1=CC(C(C)(c2cc(O)c(O)c(C(C)(C)C)c2)c2cc(O)c(O)c(C(C)(C)C)c2)=CC(=O)C1=O. The molecule has 1 aliphatic carbocycles. The molecule has 0 bridgehead atoms. The molecule has 1 aliphatic rings. The first-order valence-electron chi connectivity index (χ1n) is 12.8. The van der Waals surface area contributed by atoms with Crippen molar-refractivity contribution in [3.8, 4) is 23.0 Å². The Kier molecular flexibility index (Phi) is 6.90. The Morgan fingerprint density at radius 1 is 0.553 bits per heavy atom. The molecule has 38 heavy (non-hydrogen) atoms. The van der Waals surface area contributed by atoms with Crippen molar-refractivity contribution in [1.82, 2.24) is 0 Å². The predicted molar refractivity (Wildman–Crippen MR) is 149 cm³/mol. The van der Waals surface area contributed by atoms with Crippen LogP contribution in [0.4, 0.5) is 0 Å². The molecule has 0 unspecified atom stereocenters. The molecule has 0 spiro atoms. The van der Waals surface area contributed by atoms with Gasteiger partial charge in [0.1, 0.15) is 0 Å². The summed E-state index contributed by atoms with van der Waals surface area (Å²) >= 11 is 0. The monoisotopic (exact) mass is 520 g/mol. The summed E-state index contributed by atoms with van der Waals surface area (Å²) in [6.07, 6.45) is 3.02. The molecule has 0 saturated carbocycles. The van der Waals surface area contributed by atoms with E-state index >= 15 is 0 Å². The minimum absolute atomic E-state index is 0.234. The molecule has 0 saturated heterocycles. The Labute approximate surface area is 225 Å². The summed E-state index contributed by atoms with van der Waals surface area (Å²) in [5, 5.41) is 43.1. The minimum Gasteiger partial charge on any atom is -0.504 e. The zero-order chi connectivity index (χ0) is 29.2. The third-order valence-corrected chi connectivity index (χ3v) is 7.39. The first kappa shape index (κ1) is 29.0. The van der Waals surface area contributed by atoms with Gasteiger partial charge < -0.3 is 20.4 Å². The largest absolute Gasteiger partial charge is 0.504 e. The van der Waals surface area contributed by atoms with Gasteiger partial charge in [-0.05, 0) is 64.2 Å². The number of rotatable bonds is 3. The highest BCUT2D eigenvalue weighted by Crippen LogP contribution is 2.50. The molecule has 2 aromatic carbocycles. The number of hydrogen-bond donors (Lipinski definition) is 4. The highest BCUT2D eigenvalue weighted by atomic mass is 16.3. The summed E-state index contributed by atoms with van der Waals surface area (Å²) in [6, 6.07) is 6.44. The van der Waals surface area contributed by atoms with E-state index in [1.165, 1.54) is 18.2 Å². The number of benzene rings is 2. The predicted octanol–water partition coefficient (Wildman–Crippen LogP) is 6.46. The molecule has 6 heteroatoms. The lowest BCUT2D eigenvalue weighted by Crippen LogP contribution is -2.33. The van der Waals surface area contributed by atoms with Gasteiger partial charge in [0.15, 0.2) is 23.0 Å². The maximum absolute atomic E-state index is 13.0. The van der Waals surface area contributed by atoms with Crippen molar-refractivity contribution in [1.29, 1.82) is 0 Å². The number of carbonyl (C=O) groups excluding carboxylic acids is 2. The molecule has 0 aliphatic heterocycles. The van der Waals surface area contributed by atoms with Gasteiger partial charge in [-0.2, -0.15) is 0 Å². The van der Waals surface area contributed by atoms with Gasteiger partial charge in [0.2, 0.25) is 11.6 Å². The van der Waals surface area contributed by atoms with Crippen molar-refractivity contribution in [3.63, 3.8) is 0 Å². The maximum Gasteiger partial charge on any atom is 0.229 e. The van der Waals surface area contributed by atoms with E-state index in [2.05, 4.69) is 0 Å². The van der Waals surface area contributed by atoms with Crippen molar-refractivity contribution in [2.45, 2.75) is 85.5 Å². The number of allylic oxidation sites excluding steroid dienone is 4. The smallest absolute Gasteiger partial charge is 0.229 e. The first-order valence-corrected chi connectivity index (χ1v) is 12.8. The quantitative estimate of drug-likeness (QED) is 0.210. The van der Waals surface area contributed by atoms with Crippen molar-refractivity contribution in [3.05, 3.63) is 69.8 Å². The van der Waals surface area contributed by atoms with Crippen LogP contribution in [0.2, 0.25) is 0 Å². The van der Waals surface area contributed by atoms with Crippen LogP contribution >= 0.6 is 0 Å². The summed E-state index contributed by atoms with van der Waals surface area (Å²) in [7, 11) is 0. The molecule has 0 amide bonds. The first-order chi connectivity index (χ1) is 17.1. The maximum atomic E-state index is 13.0. The molecule has 204 valence electrons. The third-order valence-electron chi connectivity index (χ3n) is 7.39. The van der Waals surface area contributed by atoms with Gasteiger partial charge in [0, 0.05) is 22.1 Å². The average Bonchev–Trinajstić information content (AvgIpc) is 2.75. The van der Waals surface area contributed by atoms with E-state index < -0.39 is 33.2 Å². The molecular formula is C32H40O6. The average molecular weight is 521 g/mol. The number of Topliss-reactive ketones (excluding diaryl/α,β-unsaturated/α-hetero) is 1. The van der Waals surface area contributed by atoms with Gasteiger partial charge in [0.05, 0.1) is 0 Å². The fourth-order valence-electron chi connectivity index (χ4n) is 4.91. The van der Waals surface area contributed by atoms with E-state index in [1.807, 2.05) is 69.2 Å². The van der Waals surface area contributed by atoms with E-state index in [-0.39, 0.29) is 23.0 Å². The topological polar surface area (TPSA) is 115 Å². The molecule has 0 radical (unpaired) electrons. The Bertz CT molecular complexity index is 1320. The lowest BCUT2D eigenvalue weighted by Gasteiger charge is -2.37. The van der Waals surface area contributed by atoms with Crippen LogP contribution < -0.4 is 0 Å². The second kappa shape index (κ2) is 9.04. The van der Waals surface area contributed by atoms with E-state index in [1.54, 1.807) is 18.2 Å². The highest BCUT2D eigenvalue weighted by molar-refractivity contribution is 6.48. The molecule has 0 heterocycles. The molecule has 2 aromatic rings. The summed E-state index contributed by atoms with van der Waals surface area (Å²) in [5.41, 5.74) is 0.0505. The van der Waals surface area contributed by atoms with Gasteiger partial charge >= 0.3 is 0 Å². The number of ketones is 2. The van der Waals surface area contributed by atoms with Crippen LogP contribution in [0, 0.1) is 5.41 Å². The van der Waals surface area contributed by atoms with Gasteiger partial charge in [-0.1, -0.05) is 74.4 Å².